The van der Waals surface area contributed by atoms with Crippen LogP contribution in [0, 0.1) is 5.82 Å². The zero-order valence-electron chi connectivity index (χ0n) is 16.7. The lowest BCUT2D eigenvalue weighted by atomic mass is 9.86. The lowest BCUT2D eigenvalue weighted by Gasteiger charge is -2.32. The van der Waals surface area contributed by atoms with E-state index in [2.05, 4.69) is 21.8 Å². The van der Waals surface area contributed by atoms with Gasteiger partial charge in [-0.1, -0.05) is 24.6 Å². The number of hydrogen-bond donors (Lipinski definition) is 0. The second-order valence-corrected chi connectivity index (χ2v) is 8.10. The molecule has 3 heterocycles. The molecule has 2 aliphatic rings. The number of benzene rings is 1. The third-order valence-electron chi connectivity index (χ3n) is 5.91. The summed E-state index contributed by atoms with van der Waals surface area (Å²) in [6.45, 7) is 5.87. The summed E-state index contributed by atoms with van der Waals surface area (Å²) in [5.41, 5.74) is 3.04. The van der Waals surface area contributed by atoms with Crippen LogP contribution >= 0.6 is 0 Å². The van der Waals surface area contributed by atoms with Crippen LogP contribution in [0.5, 0.6) is 5.88 Å². The minimum absolute atomic E-state index is 0.00982. The predicted molar refractivity (Wildman–Crippen MR) is 109 cm³/mol. The van der Waals surface area contributed by atoms with Crippen molar-refractivity contribution in [3.05, 3.63) is 59.0 Å². The highest BCUT2D eigenvalue weighted by molar-refractivity contribution is 5.41. The molecule has 0 spiro atoms. The highest BCUT2D eigenvalue weighted by atomic mass is 19.1. The van der Waals surface area contributed by atoms with Crippen molar-refractivity contribution in [3.63, 3.8) is 0 Å². The van der Waals surface area contributed by atoms with Crippen LogP contribution in [0.2, 0.25) is 0 Å². The Labute approximate surface area is 167 Å². The standard InChI is InChI=1S/C23H30FN3O/c1-26-16-18-14-23(28-13-7-12-27-10-5-2-6-11-27)25-15-20(18)21(17-26)19-8-3-4-9-22(19)24/h3-4,8-9,14-15,21H,2,5-7,10-13,16-17H2,1H3. The molecule has 2 aromatic rings. The number of likely N-dealkylation sites (N-methyl/N-ethyl adjacent to an activating group) is 1. The molecule has 1 unspecified atom stereocenters. The Morgan fingerprint density at radius 3 is 2.79 bits per heavy atom. The van der Waals surface area contributed by atoms with Crippen molar-refractivity contribution in [2.24, 2.45) is 0 Å². The van der Waals surface area contributed by atoms with Crippen molar-refractivity contribution in [2.45, 2.75) is 38.1 Å². The fourth-order valence-corrected chi connectivity index (χ4v) is 4.45. The van der Waals surface area contributed by atoms with E-state index >= 15 is 0 Å². The number of hydrogen-bond acceptors (Lipinski definition) is 4. The third kappa shape index (κ3) is 4.53. The Balaban J connectivity index is 1.41. The van der Waals surface area contributed by atoms with E-state index < -0.39 is 0 Å². The Kier molecular flexibility index (Phi) is 6.23. The summed E-state index contributed by atoms with van der Waals surface area (Å²) < 4.78 is 20.3. The minimum Gasteiger partial charge on any atom is -0.478 e. The molecule has 0 N–H and O–H groups in total. The molecule has 0 amide bonds. The van der Waals surface area contributed by atoms with Crippen molar-refractivity contribution in [2.75, 3.05) is 39.8 Å². The average molecular weight is 384 g/mol. The Bertz CT molecular complexity index is 791. The number of fused-ring (bicyclic) bond motifs is 1. The maximum Gasteiger partial charge on any atom is 0.213 e. The largest absolute Gasteiger partial charge is 0.478 e. The Morgan fingerprint density at radius 1 is 1.14 bits per heavy atom. The topological polar surface area (TPSA) is 28.6 Å². The average Bonchev–Trinajstić information content (AvgIpc) is 2.71. The lowest BCUT2D eigenvalue weighted by Crippen LogP contribution is -2.32. The van der Waals surface area contributed by atoms with E-state index in [0.29, 0.717) is 12.5 Å². The molecule has 150 valence electrons. The molecule has 0 saturated carbocycles. The first-order valence-electron chi connectivity index (χ1n) is 10.5. The summed E-state index contributed by atoms with van der Waals surface area (Å²) >= 11 is 0. The van der Waals surface area contributed by atoms with Crippen molar-refractivity contribution >= 4 is 0 Å². The van der Waals surface area contributed by atoms with Crippen LogP contribution in [0.3, 0.4) is 0 Å². The number of piperidine rings is 1. The van der Waals surface area contributed by atoms with Gasteiger partial charge < -0.3 is 14.5 Å². The number of aromatic nitrogens is 1. The molecular formula is C23H30FN3O. The molecule has 2 aliphatic heterocycles. The Morgan fingerprint density at radius 2 is 1.96 bits per heavy atom. The van der Waals surface area contributed by atoms with Gasteiger partial charge in [0.1, 0.15) is 5.82 Å². The molecule has 1 aromatic carbocycles. The summed E-state index contributed by atoms with van der Waals surface area (Å²) in [7, 11) is 2.08. The van der Waals surface area contributed by atoms with Gasteiger partial charge in [-0.2, -0.15) is 0 Å². The number of rotatable bonds is 6. The van der Waals surface area contributed by atoms with Gasteiger partial charge >= 0.3 is 0 Å². The first kappa shape index (κ1) is 19.3. The van der Waals surface area contributed by atoms with Gasteiger partial charge in [0.15, 0.2) is 0 Å². The van der Waals surface area contributed by atoms with E-state index in [-0.39, 0.29) is 11.7 Å². The van der Waals surface area contributed by atoms with Crippen molar-refractivity contribution in [1.29, 1.82) is 0 Å². The van der Waals surface area contributed by atoms with Crippen LogP contribution < -0.4 is 4.74 Å². The van der Waals surface area contributed by atoms with Gasteiger partial charge in [0, 0.05) is 37.8 Å². The van der Waals surface area contributed by atoms with Gasteiger partial charge in [-0.25, -0.2) is 9.37 Å². The zero-order valence-corrected chi connectivity index (χ0v) is 16.7. The van der Waals surface area contributed by atoms with Crippen LogP contribution in [-0.4, -0.2) is 54.6 Å². The van der Waals surface area contributed by atoms with Gasteiger partial charge in [-0.15, -0.1) is 0 Å². The van der Waals surface area contributed by atoms with E-state index in [9.17, 15) is 4.39 Å². The molecule has 5 heteroatoms. The quantitative estimate of drug-likeness (QED) is 0.704. The van der Waals surface area contributed by atoms with E-state index in [0.717, 1.165) is 37.2 Å². The number of halogens is 1. The van der Waals surface area contributed by atoms with Crippen LogP contribution in [0.15, 0.2) is 36.5 Å². The maximum absolute atomic E-state index is 14.4. The fourth-order valence-electron chi connectivity index (χ4n) is 4.45. The van der Waals surface area contributed by atoms with Gasteiger partial charge in [-0.05, 0) is 62.2 Å². The molecule has 1 fully saturated rings. The molecule has 0 aliphatic carbocycles. The monoisotopic (exact) mass is 383 g/mol. The van der Waals surface area contributed by atoms with Gasteiger partial charge in [0.05, 0.1) is 6.61 Å². The second-order valence-electron chi connectivity index (χ2n) is 8.10. The zero-order chi connectivity index (χ0) is 19.3. The summed E-state index contributed by atoms with van der Waals surface area (Å²) in [6, 6.07) is 9.11. The van der Waals surface area contributed by atoms with Crippen LogP contribution in [0.1, 0.15) is 48.3 Å². The molecule has 4 rings (SSSR count). The van der Waals surface area contributed by atoms with Crippen LogP contribution in [-0.2, 0) is 6.54 Å². The van der Waals surface area contributed by atoms with E-state index in [4.69, 9.17) is 4.74 Å². The molecule has 0 bridgehead atoms. The van der Waals surface area contributed by atoms with Crippen LogP contribution in [0.4, 0.5) is 4.39 Å². The van der Waals surface area contributed by atoms with Gasteiger partial charge in [0.25, 0.3) is 0 Å². The van der Waals surface area contributed by atoms with Crippen molar-refractivity contribution in [1.82, 2.24) is 14.8 Å². The fraction of sp³-hybridized carbons (Fsp3) is 0.522. The Hall–Kier alpha value is -1.98. The second kappa shape index (κ2) is 9.01. The lowest BCUT2D eigenvalue weighted by molar-refractivity contribution is 0.202. The third-order valence-corrected chi connectivity index (χ3v) is 5.91. The molecule has 1 aromatic heterocycles. The van der Waals surface area contributed by atoms with Gasteiger partial charge in [0.2, 0.25) is 5.88 Å². The molecule has 1 atom stereocenters. The van der Waals surface area contributed by atoms with Crippen LogP contribution in [0.25, 0.3) is 0 Å². The summed E-state index contributed by atoms with van der Waals surface area (Å²) in [5.74, 6) is 0.544. The number of pyridine rings is 1. The molecule has 1 saturated heterocycles. The number of likely N-dealkylation sites (tertiary alicyclic amines) is 1. The summed E-state index contributed by atoms with van der Waals surface area (Å²) in [4.78, 5) is 9.29. The van der Waals surface area contributed by atoms with E-state index in [1.807, 2.05) is 24.4 Å². The highest BCUT2D eigenvalue weighted by Crippen LogP contribution is 2.34. The maximum atomic E-state index is 14.4. The highest BCUT2D eigenvalue weighted by Gasteiger charge is 2.27. The van der Waals surface area contributed by atoms with E-state index in [1.54, 1.807) is 6.07 Å². The van der Waals surface area contributed by atoms with Crippen molar-refractivity contribution in [3.8, 4) is 5.88 Å². The SMILES string of the molecule is CN1Cc2cc(OCCCN3CCCCC3)ncc2C(c2ccccc2F)C1. The number of nitrogens with zero attached hydrogens (tertiary/aromatic N) is 3. The normalized spacial score (nSPS) is 20.7. The predicted octanol–water partition coefficient (Wildman–Crippen LogP) is 4.05. The number of ether oxygens (including phenoxy) is 1. The molecule has 0 radical (unpaired) electrons. The first-order valence-corrected chi connectivity index (χ1v) is 10.5. The molecule has 28 heavy (non-hydrogen) atoms. The molecular weight excluding hydrogens is 353 g/mol. The first-order chi connectivity index (χ1) is 13.7. The summed E-state index contributed by atoms with van der Waals surface area (Å²) in [5, 5.41) is 0. The summed E-state index contributed by atoms with van der Waals surface area (Å²) in [6.07, 6.45) is 6.93. The minimum atomic E-state index is -0.146. The molecule has 4 nitrogen and oxygen atoms in total. The van der Waals surface area contributed by atoms with Gasteiger partial charge in [-0.3, -0.25) is 0 Å². The van der Waals surface area contributed by atoms with Crippen molar-refractivity contribution < 1.29 is 9.13 Å². The smallest absolute Gasteiger partial charge is 0.213 e. The van der Waals surface area contributed by atoms with E-state index in [1.165, 1.54) is 44.0 Å².